The van der Waals surface area contributed by atoms with Crippen molar-refractivity contribution in [1.29, 1.82) is 0 Å². The summed E-state index contributed by atoms with van der Waals surface area (Å²) in [5, 5.41) is 10.4. The Morgan fingerprint density at radius 2 is 1.77 bits per heavy atom. The summed E-state index contributed by atoms with van der Waals surface area (Å²) in [5.41, 5.74) is 2.34. The summed E-state index contributed by atoms with van der Waals surface area (Å²) in [5.74, 6) is 2.19. The van der Waals surface area contributed by atoms with Crippen LogP contribution in [0.5, 0.6) is 0 Å². The quantitative estimate of drug-likeness (QED) is 0.471. The summed E-state index contributed by atoms with van der Waals surface area (Å²) in [6, 6.07) is 14.7. The Bertz CT molecular complexity index is 1020. The number of benzene rings is 1. The van der Waals surface area contributed by atoms with Crippen LogP contribution in [0.15, 0.2) is 59.9 Å². The highest BCUT2D eigenvalue weighted by Gasteiger charge is 2.46. The Balaban J connectivity index is 1.26. The van der Waals surface area contributed by atoms with Crippen LogP contribution in [0.2, 0.25) is 0 Å². The maximum absolute atomic E-state index is 5.28. The van der Waals surface area contributed by atoms with Crippen LogP contribution >= 0.6 is 11.8 Å². The first kappa shape index (κ1) is 19.3. The Morgan fingerprint density at radius 1 is 0.967 bits per heavy atom. The smallest absolute Gasteiger partial charge is 0.137 e. The van der Waals surface area contributed by atoms with Crippen LogP contribution in [-0.4, -0.2) is 40.5 Å². The Morgan fingerprint density at radius 3 is 2.43 bits per heavy atom. The normalized spacial score (nSPS) is 17.2. The van der Waals surface area contributed by atoms with Crippen molar-refractivity contribution in [2.45, 2.75) is 29.3 Å². The molecule has 8 heteroatoms. The molecule has 154 valence electrons. The van der Waals surface area contributed by atoms with Gasteiger partial charge in [-0.05, 0) is 42.9 Å². The largest absolute Gasteiger partial charge is 0.378 e. The number of hydrogen-bond acceptors (Lipinski definition) is 8. The van der Waals surface area contributed by atoms with Gasteiger partial charge in [0.05, 0.1) is 24.9 Å². The fourth-order valence-electron chi connectivity index (χ4n) is 3.61. The lowest BCUT2D eigenvalue weighted by Crippen LogP contribution is -2.50. The molecule has 0 atom stereocenters. The molecule has 0 unspecified atom stereocenters. The molecule has 7 nitrogen and oxygen atoms in total. The number of pyridine rings is 1. The van der Waals surface area contributed by atoms with E-state index in [0.29, 0.717) is 11.9 Å². The van der Waals surface area contributed by atoms with Crippen LogP contribution in [0.25, 0.3) is 0 Å². The molecular formula is C22H24N6OS. The van der Waals surface area contributed by atoms with Crippen molar-refractivity contribution in [3.05, 3.63) is 60.6 Å². The topological polar surface area (TPSA) is 84.0 Å². The molecule has 0 bridgehead atoms. The highest BCUT2D eigenvalue weighted by molar-refractivity contribution is 7.98. The van der Waals surface area contributed by atoms with Gasteiger partial charge in [-0.15, -0.1) is 11.8 Å². The van der Waals surface area contributed by atoms with Crippen LogP contribution in [0, 0.1) is 0 Å². The maximum Gasteiger partial charge on any atom is 0.137 e. The van der Waals surface area contributed by atoms with E-state index in [1.54, 1.807) is 18.1 Å². The lowest BCUT2D eigenvalue weighted by Gasteiger charge is -2.32. The molecule has 0 spiro atoms. The third-order valence-electron chi connectivity index (χ3n) is 5.48. The van der Waals surface area contributed by atoms with Gasteiger partial charge in [-0.1, -0.05) is 18.2 Å². The van der Waals surface area contributed by atoms with Gasteiger partial charge in [0.15, 0.2) is 0 Å². The van der Waals surface area contributed by atoms with Gasteiger partial charge in [-0.3, -0.25) is 0 Å². The fraction of sp³-hybridized carbons (Fsp3) is 0.318. The first-order valence-electron chi connectivity index (χ1n) is 10.1. The first-order valence-corrected chi connectivity index (χ1v) is 11.3. The van der Waals surface area contributed by atoms with E-state index in [0.717, 1.165) is 43.4 Å². The van der Waals surface area contributed by atoms with Gasteiger partial charge in [-0.25, -0.2) is 15.0 Å². The zero-order valence-corrected chi connectivity index (χ0v) is 17.6. The van der Waals surface area contributed by atoms with E-state index in [9.17, 15) is 0 Å². The summed E-state index contributed by atoms with van der Waals surface area (Å²) < 4.78 is 5.28. The van der Waals surface area contributed by atoms with Crippen LogP contribution < -0.4 is 16.0 Å². The molecule has 1 saturated heterocycles. The molecule has 3 aromatic rings. The number of nitrogens with zero attached hydrogens (tertiary/aromatic N) is 3. The van der Waals surface area contributed by atoms with Crippen molar-refractivity contribution in [3.8, 4) is 0 Å². The monoisotopic (exact) mass is 420 g/mol. The standard InChI is InChI=1S/C22H24N6OS/c1-30-18-5-3-2-4-17(18)26-20-10-21(25-14-24-20)27-19-7-6-15(11-23-19)22(8-9-22)28-16-12-29-13-16/h2-7,10-11,14,16,28H,8-9,12-13H2,1H3,(H2,23,24,25,26,27). The van der Waals surface area contributed by atoms with E-state index < -0.39 is 0 Å². The van der Waals surface area contributed by atoms with Gasteiger partial charge in [0.2, 0.25) is 0 Å². The number of ether oxygens (including phenoxy) is 1. The molecule has 30 heavy (non-hydrogen) atoms. The van der Waals surface area contributed by atoms with Crippen LogP contribution in [0.4, 0.5) is 23.1 Å². The lowest BCUT2D eigenvalue weighted by molar-refractivity contribution is -0.0121. The SMILES string of the molecule is CSc1ccccc1Nc1cc(Nc2ccc(C3(NC4COC4)CC3)cn2)ncn1. The highest BCUT2D eigenvalue weighted by Crippen LogP contribution is 2.46. The number of thioether (sulfide) groups is 1. The number of rotatable bonds is 8. The summed E-state index contributed by atoms with van der Waals surface area (Å²) in [6.45, 7) is 1.61. The van der Waals surface area contributed by atoms with Crippen molar-refractivity contribution in [3.63, 3.8) is 0 Å². The van der Waals surface area contributed by atoms with Gasteiger partial charge in [-0.2, -0.15) is 0 Å². The number of hydrogen-bond donors (Lipinski definition) is 3. The van der Waals surface area contributed by atoms with Crippen LogP contribution in [0.1, 0.15) is 18.4 Å². The van der Waals surface area contributed by atoms with E-state index >= 15 is 0 Å². The molecule has 2 fully saturated rings. The second-order valence-electron chi connectivity index (χ2n) is 7.63. The van der Waals surface area contributed by atoms with Crippen molar-refractivity contribution in [1.82, 2.24) is 20.3 Å². The molecule has 1 aliphatic carbocycles. The zero-order chi connectivity index (χ0) is 20.4. The third kappa shape index (κ3) is 4.12. The molecular weight excluding hydrogens is 396 g/mol. The van der Waals surface area contributed by atoms with Crippen molar-refractivity contribution >= 4 is 34.9 Å². The lowest BCUT2D eigenvalue weighted by atomic mass is 10.1. The first-order chi connectivity index (χ1) is 14.7. The molecule has 1 saturated carbocycles. The van der Waals surface area contributed by atoms with E-state index in [1.807, 2.05) is 36.5 Å². The summed E-state index contributed by atoms with van der Waals surface area (Å²) >= 11 is 1.69. The van der Waals surface area contributed by atoms with Gasteiger partial charge in [0.1, 0.15) is 23.8 Å². The predicted octanol–water partition coefficient (Wildman–Crippen LogP) is 4.06. The third-order valence-corrected chi connectivity index (χ3v) is 6.27. The second-order valence-corrected chi connectivity index (χ2v) is 8.48. The summed E-state index contributed by atoms with van der Waals surface area (Å²) in [4.78, 5) is 14.4. The van der Waals surface area contributed by atoms with Crippen molar-refractivity contribution < 1.29 is 4.74 Å². The number of para-hydroxylation sites is 1. The molecule has 3 heterocycles. The molecule has 1 aromatic carbocycles. The van der Waals surface area contributed by atoms with Crippen molar-refractivity contribution in [2.24, 2.45) is 0 Å². The molecule has 2 aromatic heterocycles. The molecule has 1 aliphatic heterocycles. The highest BCUT2D eigenvalue weighted by atomic mass is 32.2. The van der Waals surface area contributed by atoms with Gasteiger partial charge < -0.3 is 20.7 Å². The number of aromatic nitrogens is 3. The summed E-state index contributed by atoms with van der Waals surface area (Å²) in [6.07, 6.45) is 7.86. The minimum atomic E-state index is 0.0800. The van der Waals surface area contributed by atoms with Crippen molar-refractivity contribution in [2.75, 3.05) is 30.1 Å². The fourth-order valence-corrected chi connectivity index (χ4v) is 4.17. The van der Waals surface area contributed by atoms with Crippen LogP contribution in [0.3, 0.4) is 0 Å². The second kappa shape index (κ2) is 8.22. The molecule has 3 N–H and O–H groups in total. The molecule has 5 rings (SSSR count). The predicted molar refractivity (Wildman–Crippen MR) is 120 cm³/mol. The molecule has 0 amide bonds. The summed E-state index contributed by atoms with van der Waals surface area (Å²) in [7, 11) is 0. The van der Waals surface area contributed by atoms with E-state index in [1.165, 1.54) is 10.5 Å². The van der Waals surface area contributed by atoms with E-state index in [4.69, 9.17) is 4.74 Å². The Kier molecular flexibility index (Phi) is 5.28. The average molecular weight is 421 g/mol. The van der Waals surface area contributed by atoms with Gasteiger partial charge in [0, 0.05) is 22.7 Å². The Labute approximate surface area is 180 Å². The van der Waals surface area contributed by atoms with Gasteiger partial charge in [0.25, 0.3) is 0 Å². The molecule has 2 aliphatic rings. The number of nitrogens with one attached hydrogen (secondary N) is 3. The van der Waals surface area contributed by atoms with E-state index in [-0.39, 0.29) is 5.54 Å². The average Bonchev–Trinajstić information content (AvgIpc) is 3.53. The van der Waals surface area contributed by atoms with Gasteiger partial charge >= 0.3 is 0 Å². The minimum absolute atomic E-state index is 0.0800. The molecule has 0 radical (unpaired) electrons. The van der Waals surface area contributed by atoms with E-state index in [2.05, 4.69) is 49.3 Å². The minimum Gasteiger partial charge on any atom is -0.378 e. The number of anilines is 4. The Hall–Kier alpha value is -2.68. The maximum atomic E-state index is 5.28. The van der Waals surface area contributed by atoms with Crippen LogP contribution in [-0.2, 0) is 10.3 Å². The zero-order valence-electron chi connectivity index (χ0n) is 16.8.